The van der Waals surface area contributed by atoms with Crippen LogP contribution in [0.2, 0.25) is 0 Å². The second-order valence-corrected chi connectivity index (χ2v) is 5.91. The Morgan fingerprint density at radius 3 is 2.53 bits per heavy atom. The van der Waals surface area contributed by atoms with Gasteiger partial charge in [-0.3, -0.25) is 15.2 Å². The molecule has 0 saturated carbocycles. The number of nitrogens with zero attached hydrogens (tertiary/aromatic N) is 2. The lowest BCUT2D eigenvalue weighted by atomic mass is 10.1. The Hall–Kier alpha value is -3.46. The number of aliphatic imine (C=N–C) groups is 1. The number of aliphatic hydroxyl groups is 1. The summed E-state index contributed by atoms with van der Waals surface area (Å²) in [6, 6.07) is 8.30. The second kappa shape index (κ2) is 11.5. The van der Waals surface area contributed by atoms with Crippen molar-refractivity contribution in [1.29, 1.82) is 5.41 Å². The smallest absolute Gasteiger partial charge is 0.269 e. The van der Waals surface area contributed by atoms with Crippen molar-refractivity contribution in [3.63, 3.8) is 0 Å². The second-order valence-electron chi connectivity index (χ2n) is 5.91. The first-order valence-corrected chi connectivity index (χ1v) is 9.50. The van der Waals surface area contributed by atoms with Gasteiger partial charge in [0.05, 0.1) is 26.9 Å². The van der Waals surface area contributed by atoms with Crippen molar-refractivity contribution in [2.75, 3.05) is 33.5 Å². The third-order valence-corrected chi connectivity index (χ3v) is 3.86. The quantitative estimate of drug-likeness (QED) is 0.426. The number of pyridine rings is 1. The minimum Gasteiger partial charge on any atom is -0.490 e. The molecule has 9 heteroatoms. The Morgan fingerprint density at radius 1 is 1.13 bits per heavy atom. The SMILES string of the molecule is CCOc1ccc(C(=NC(=N)c2ccnc(C(=O)NCCO)c2)OC)cc1OCC. The molecular weight excluding hydrogens is 388 g/mol. The average Bonchev–Trinajstić information content (AvgIpc) is 2.77. The lowest BCUT2D eigenvalue weighted by molar-refractivity contribution is 0.0940. The van der Waals surface area contributed by atoms with E-state index in [9.17, 15) is 4.79 Å². The van der Waals surface area contributed by atoms with E-state index in [-0.39, 0.29) is 30.6 Å². The zero-order chi connectivity index (χ0) is 21.9. The predicted octanol–water partition coefficient (Wildman–Crippen LogP) is 2.02. The molecule has 3 N–H and O–H groups in total. The fourth-order valence-electron chi connectivity index (χ4n) is 2.54. The van der Waals surface area contributed by atoms with Gasteiger partial charge in [-0.25, -0.2) is 0 Å². The Kier molecular flexibility index (Phi) is 8.76. The Morgan fingerprint density at radius 2 is 1.87 bits per heavy atom. The van der Waals surface area contributed by atoms with Crippen molar-refractivity contribution in [3.8, 4) is 11.5 Å². The molecular formula is C21H26N4O5. The molecule has 0 aliphatic rings. The van der Waals surface area contributed by atoms with Crippen molar-refractivity contribution >= 4 is 17.6 Å². The number of aromatic nitrogens is 1. The fourth-order valence-corrected chi connectivity index (χ4v) is 2.54. The number of ether oxygens (including phenoxy) is 3. The van der Waals surface area contributed by atoms with E-state index in [0.29, 0.717) is 35.8 Å². The molecule has 30 heavy (non-hydrogen) atoms. The standard InChI is InChI=1S/C21H26N4O5/c1-4-29-17-7-6-15(13-18(17)30-5-2)21(28-3)25-19(22)14-8-9-23-16(12-14)20(27)24-10-11-26/h6-9,12-13,22,26H,4-5,10-11H2,1-3H3,(H,24,27). The maximum absolute atomic E-state index is 12.0. The van der Waals surface area contributed by atoms with Crippen molar-refractivity contribution in [3.05, 3.63) is 53.3 Å². The molecule has 2 aromatic rings. The molecule has 1 amide bonds. The van der Waals surface area contributed by atoms with Gasteiger partial charge in [-0.05, 0) is 44.2 Å². The number of carbonyl (C=O) groups excluding carboxylic acids is 1. The molecule has 0 unspecified atom stereocenters. The van der Waals surface area contributed by atoms with E-state index < -0.39 is 5.91 Å². The number of benzene rings is 1. The summed E-state index contributed by atoms with van der Waals surface area (Å²) in [5.74, 6) is 0.841. The van der Waals surface area contributed by atoms with Gasteiger partial charge in [-0.2, -0.15) is 4.99 Å². The average molecular weight is 414 g/mol. The highest BCUT2D eigenvalue weighted by molar-refractivity contribution is 6.09. The Bertz CT molecular complexity index is 914. The summed E-state index contributed by atoms with van der Waals surface area (Å²) in [6.07, 6.45) is 1.42. The van der Waals surface area contributed by atoms with Gasteiger partial charge in [0.1, 0.15) is 5.69 Å². The van der Waals surface area contributed by atoms with Gasteiger partial charge in [0.25, 0.3) is 5.91 Å². The summed E-state index contributed by atoms with van der Waals surface area (Å²) in [5.41, 5.74) is 1.13. The molecule has 0 spiro atoms. The maximum atomic E-state index is 12.0. The van der Waals surface area contributed by atoms with Crippen LogP contribution in [-0.4, -0.2) is 61.2 Å². The number of nitrogens with one attached hydrogen (secondary N) is 2. The number of methoxy groups -OCH3 is 1. The Labute approximate surface area is 175 Å². The van der Waals surface area contributed by atoms with E-state index in [1.807, 2.05) is 13.8 Å². The highest BCUT2D eigenvalue weighted by Crippen LogP contribution is 2.29. The van der Waals surface area contributed by atoms with Crippen molar-refractivity contribution in [1.82, 2.24) is 10.3 Å². The van der Waals surface area contributed by atoms with E-state index in [1.54, 1.807) is 24.3 Å². The third-order valence-electron chi connectivity index (χ3n) is 3.86. The summed E-state index contributed by atoms with van der Waals surface area (Å²) in [7, 11) is 1.46. The Balaban J connectivity index is 2.30. The van der Waals surface area contributed by atoms with Crippen LogP contribution in [0.3, 0.4) is 0 Å². The van der Waals surface area contributed by atoms with Crippen LogP contribution in [0.25, 0.3) is 0 Å². The number of hydrogen-bond acceptors (Lipinski definition) is 7. The lowest BCUT2D eigenvalue weighted by Crippen LogP contribution is -2.27. The normalized spacial score (nSPS) is 11.0. The monoisotopic (exact) mass is 414 g/mol. The van der Waals surface area contributed by atoms with Crippen LogP contribution in [0.15, 0.2) is 41.5 Å². The predicted molar refractivity (Wildman–Crippen MR) is 113 cm³/mol. The van der Waals surface area contributed by atoms with Crippen LogP contribution in [0.1, 0.15) is 35.5 Å². The van der Waals surface area contributed by atoms with Gasteiger partial charge in [0, 0.05) is 23.9 Å². The molecule has 0 radical (unpaired) electrons. The van der Waals surface area contributed by atoms with Crippen molar-refractivity contribution in [2.24, 2.45) is 4.99 Å². The number of amidine groups is 1. The van der Waals surface area contributed by atoms with Crippen LogP contribution in [0.5, 0.6) is 11.5 Å². The van der Waals surface area contributed by atoms with Gasteiger partial charge in [-0.15, -0.1) is 0 Å². The van der Waals surface area contributed by atoms with Crippen LogP contribution >= 0.6 is 0 Å². The van der Waals surface area contributed by atoms with Crippen molar-refractivity contribution < 1.29 is 24.1 Å². The lowest BCUT2D eigenvalue weighted by Gasteiger charge is -2.13. The van der Waals surface area contributed by atoms with E-state index in [4.69, 9.17) is 24.7 Å². The molecule has 1 aromatic carbocycles. The van der Waals surface area contributed by atoms with E-state index >= 15 is 0 Å². The molecule has 1 aromatic heterocycles. The van der Waals surface area contributed by atoms with Gasteiger partial charge in [0.15, 0.2) is 17.3 Å². The molecule has 0 atom stereocenters. The first kappa shape index (κ1) is 22.8. The zero-order valence-corrected chi connectivity index (χ0v) is 17.3. The first-order chi connectivity index (χ1) is 14.5. The first-order valence-electron chi connectivity index (χ1n) is 9.50. The maximum Gasteiger partial charge on any atom is 0.269 e. The number of hydrogen-bond donors (Lipinski definition) is 3. The van der Waals surface area contributed by atoms with Crippen LogP contribution < -0.4 is 14.8 Å². The molecule has 0 fully saturated rings. The minimum atomic E-state index is -0.442. The van der Waals surface area contributed by atoms with Crippen LogP contribution in [-0.2, 0) is 4.74 Å². The molecule has 1 heterocycles. The van der Waals surface area contributed by atoms with Crippen molar-refractivity contribution in [2.45, 2.75) is 13.8 Å². The molecule has 160 valence electrons. The number of carbonyl (C=O) groups is 1. The fraction of sp³-hybridized carbons (Fsp3) is 0.333. The largest absolute Gasteiger partial charge is 0.490 e. The van der Waals surface area contributed by atoms with E-state index in [2.05, 4.69) is 15.3 Å². The topological polar surface area (TPSA) is 126 Å². The summed E-state index contributed by atoms with van der Waals surface area (Å²) < 4.78 is 16.6. The van der Waals surface area contributed by atoms with E-state index in [1.165, 1.54) is 19.4 Å². The van der Waals surface area contributed by atoms with Crippen LogP contribution in [0, 0.1) is 5.41 Å². The summed E-state index contributed by atoms with van der Waals surface area (Å²) in [5, 5.41) is 19.6. The molecule has 0 aliphatic carbocycles. The molecule has 9 nitrogen and oxygen atoms in total. The highest BCUT2D eigenvalue weighted by Gasteiger charge is 2.14. The molecule has 0 saturated heterocycles. The third kappa shape index (κ3) is 6.02. The zero-order valence-electron chi connectivity index (χ0n) is 17.3. The summed E-state index contributed by atoms with van der Waals surface area (Å²) in [6.45, 7) is 4.69. The van der Waals surface area contributed by atoms with Gasteiger partial charge >= 0.3 is 0 Å². The number of aliphatic hydroxyl groups excluding tert-OH is 1. The van der Waals surface area contributed by atoms with Crippen LogP contribution in [0.4, 0.5) is 0 Å². The molecule has 0 aliphatic heterocycles. The van der Waals surface area contributed by atoms with Gasteiger partial charge in [0.2, 0.25) is 5.90 Å². The minimum absolute atomic E-state index is 0.0997. The van der Waals surface area contributed by atoms with Gasteiger partial charge in [-0.1, -0.05) is 0 Å². The number of rotatable bonds is 9. The summed E-state index contributed by atoms with van der Waals surface area (Å²) in [4.78, 5) is 20.3. The van der Waals surface area contributed by atoms with E-state index in [0.717, 1.165) is 0 Å². The summed E-state index contributed by atoms with van der Waals surface area (Å²) >= 11 is 0. The molecule has 0 bridgehead atoms. The van der Waals surface area contributed by atoms with Gasteiger partial charge < -0.3 is 24.6 Å². The molecule has 2 rings (SSSR count). The number of amides is 1. The highest BCUT2D eigenvalue weighted by atomic mass is 16.5.